The first-order chi connectivity index (χ1) is 8.31. The lowest BCUT2D eigenvalue weighted by Gasteiger charge is -2.29. The van der Waals surface area contributed by atoms with E-state index in [4.69, 9.17) is 10.5 Å². The number of ether oxygens (including phenoxy) is 1. The minimum absolute atomic E-state index is 0.184. The zero-order chi connectivity index (χ0) is 12.1. The molecular formula is C15H19NO. The number of rotatable bonds is 3. The molecule has 0 saturated heterocycles. The lowest BCUT2D eigenvalue weighted by Crippen LogP contribution is -2.37. The van der Waals surface area contributed by atoms with Gasteiger partial charge in [0.2, 0.25) is 0 Å². The molecule has 17 heavy (non-hydrogen) atoms. The van der Waals surface area contributed by atoms with Gasteiger partial charge in [0.05, 0.1) is 6.61 Å². The highest BCUT2D eigenvalue weighted by atomic mass is 16.5. The summed E-state index contributed by atoms with van der Waals surface area (Å²) in [5, 5.41) is 0. The molecule has 1 aromatic rings. The lowest BCUT2D eigenvalue weighted by atomic mass is 9.89. The van der Waals surface area contributed by atoms with Crippen molar-refractivity contribution in [3.05, 3.63) is 29.8 Å². The number of hydrogen-bond acceptors (Lipinski definition) is 2. The van der Waals surface area contributed by atoms with Crippen LogP contribution in [0.1, 0.15) is 25.3 Å². The molecule has 1 aliphatic rings. The number of fused-ring (bicyclic) bond motifs is 1. The van der Waals surface area contributed by atoms with Crippen molar-refractivity contribution >= 4 is 0 Å². The van der Waals surface area contributed by atoms with Crippen molar-refractivity contribution < 1.29 is 4.74 Å². The van der Waals surface area contributed by atoms with E-state index < -0.39 is 0 Å². The molecular weight excluding hydrogens is 210 g/mol. The van der Waals surface area contributed by atoms with Gasteiger partial charge in [-0.3, -0.25) is 0 Å². The molecule has 1 heterocycles. The largest absolute Gasteiger partial charge is 0.493 e. The summed E-state index contributed by atoms with van der Waals surface area (Å²) in [6.45, 7) is 2.60. The second-order valence-corrected chi connectivity index (χ2v) is 4.51. The Morgan fingerprint density at radius 2 is 2.29 bits per heavy atom. The van der Waals surface area contributed by atoms with Crippen molar-refractivity contribution in [1.82, 2.24) is 0 Å². The van der Waals surface area contributed by atoms with Gasteiger partial charge in [0.1, 0.15) is 5.75 Å². The molecule has 0 saturated carbocycles. The third-order valence-corrected chi connectivity index (χ3v) is 3.29. The highest BCUT2D eigenvalue weighted by Crippen LogP contribution is 2.28. The molecule has 1 aromatic carbocycles. The summed E-state index contributed by atoms with van der Waals surface area (Å²) < 4.78 is 5.75. The smallest absolute Gasteiger partial charge is 0.122 e. The Hall–Kier alpha value is -1.46. The van der Waals surface area contributed by atoms with Crippen molar-refractivity contribution in [2.45, 2.75) is 32.2 Å². The fourth-order valence-electron chi connectivity index (χ4n) is 2.23. The number of para-hydroxylation sites is 1. The molecule has 0 fully saturated rings. The molecule has 0 aliphatic carbocycles. The standard InChI is InChI=1S/C15H19NO/c1-2-3-4-8-14(16)13-10-12-7-5-6-9-15(12)17-11-13/h5-7,9,13-14H,4,8,10-11,16H2,1H3. The van der Waals surface area contributed by atoms with Crippen molar-refractivity contribution in [3.8, 4) is 17.6 Å². The molecule has 0 amide bonds. The van der Waals surface area contributed by atoms with Crippen molar-refractivity contribution in [2.75, 3.05) is 6.61 Å². The van der Waals surface area contributed by atoms with Gasteiger partial charge in [-0.2, -0.15) is 0 Å². The first-order valence-electron chi connectivity index (χ1n) is 6.17. The van der Waals surface area contributed by atoms with Crippen LogP contribution in [0.2, 0.25) is 0 Å². The van der Waals surface area contributed by atoms with E-state index in [1.54, 1.807) is 0 Å². The summed E-state index contributed by atoms with van der Waals surface area (Å²) >= 11 is 0. The van der Waals surface area contributed by atoms with Crippen LogP contribution in [0.15, 0.2) is 24.3 Å². The second kappa shape index (κ2) is 5.75. The van der Waals surface area contributed by atoms with Crippen LogP contribution in [0, 0.1) is 17.8 Å². The van der Waals surface area contributed by atoms with E-state index in [1.165, 1.54) is 5.56 Å². The highest BCUT2D eigenvalue weighted by Gasteiger charge is 2.24. The van der Waals surface area contributed by atoms with Gasteiger partial charge >= 0.3 is 0 Å². The molecule has 1 aliphatic heterocycles. The predicted molar refractivity (Wildman–Crippen MR) is 69.8 cm³/mol. The topological polar surface area (TPSA) is 35.2 Å². The molecule has 0 spiro atoms. The van der Waals surface area contributed by atoms with Crippen molar-refractivity contribution in [2.24, 2.45) is 11.7 Å². The summed E-state index contributed by atoms with van der Waals surface area (Å²) in [6.07, 6.45) is 2.86. The zero-order valence-corrected chi connectivity index (χ0v) is 10.3. The van der Waals surface area contributed by atoms with E-state index in [0.29, 0.717) is 5.92 Å². The highest BCUT2D eigenvalue weighted by molar-refractivity contribution is 5.35. The van der Waals surface area contributed by atoms with Gasteiger partial charge in [0.15, 0.2) is 0 Å². The average molecular weight is 229 g/mol. The van der Waals surface area contributed by atoms with Crippen LogP contribution in [0.5, 0.6) is 5.75 Å². The Morgan fingerprint density at radius 3 is 3.12 bits per heavy atom. The van der Waals surface area contributed by atoms with Crippen LogP contribution in [0.3, 0.4) is 0 Å². The summed E-state index contributed by atoms with van der Waals surface area (Å²) in [5.41, 5.74) is 7.48. The van der Waals surface area contributed by atoms with Crippen LogP contribution >= 0.6 is 0 Å². The molecule has 2 nitrogen and oxygen atoms in total. The number of benzene rings is 1. The fourth-order valence-corrected chi connectivity index (χ4v) is 2.23. The molecule has 0 radical (unpaired) electrons. The first kappa shape index (κ1) is 12.0. The normalized spacial score (nSPS) is 19.5. The van der Waals surface area contributed by atoms with Gasteiger partial charge in [0, 0.05) is 18.4 Å². The molecule has 2 N–H and O–H groups in total. The zero-order valence-electron chi connectivity index (χ0n) is 10.3. The fraction of sp³-hybridized carbons (Fsp3) is 0.467. The van der Waals surface area contributed by atoms with E-state index in [9.17, 15) is 0 Å². The van der Waals surface area contributed by atoms with E-state index in [1.807, 2.05) is 19.1 Å². The van der Waals surface area contributed by atoms with Crippen LogP contribution in [-0.2, 0) is 6.42 Å². The van der Waals surface area contributed by atoms with Crippen LogP contribution in [0.25, 0.3) is 0 Å². The maximum Gasteiger partial charge on any atom is 0.122 e. The molecule has 0 aromatic heterocycles. The minimum atomic E-state index is 0.184. The Balaban J connectivity index is 1.94. The monoisotopic (exact) mass is 229 g/mol. The Kier molecular flexibility index (Phi) is 4.06. The van der Waals surface area contributed by atoms with E-state index in [2.05, 4.69) is 24.0 Å². The minimum Gasteiger partial charge on any atom is -0.493 e. The molecule has 0 bridgehead atoms. The maximum atomic E-state index is 6.20. The van der Waals surface area contributed by atoms with Gasteiger partial charge in [-0.25, -0.2) is 0 Å². The Morgan fingerprint density at radius 1 is 1.47 bits per heavy atom. The molecule has 2 atom stereocenters. The van der Waals surface area contributed by atoms with Crippen LogP contribution in [0.4, 0.5) is 0 Å². The number of nitrogens with two attached hydrogens (primary N) is 1. The van der Waals surface area contributed by atoms with Gasteiger partial charge in [-0.05, 0) is 31.4 Å². The summed E-state index contributed by atoms with van der Waals surface area (Å²) in [7, 11) is 0. The number of hydrogen-bond donors (Lipinski definition) is 1. The molecule has 90 valence electrons. The molecule has 2 unspecified atom stereocenters. The van der Waals surface area contributed by atoms with E-state index in [-0.39, 0.29) is 6.04 Å². The predicted octanol–water partition coefficient (Wildman–Crippen LogP) is 2.37. The third-order valence-electron chi connectivity index (χ3n) is 3.29. The SMILES string of the molecule is CC#CCCC(N)C1COc2ccccc2C1. The van der Waals surface area contributed by atoms with Gasteiger partial charge in [-0.1, -0.05) is 18.2 Å². The van der Waals surface area contributed by atoms with E-state index >= 15 is 0 Å². The third kappa shape index (κ3) is 3.01. The summed E-state index contributed by atoms with van der Waals surface area (Å²) in [6, 6.07) is 8.40. The van der Waals surface area contributed by atoms with Crippen LogP contribution in [-0.4, -0.2) is 12.6 Å². The quantitative estimate of drug-likeness (QED) is 0.808. The first-order valence-corrected chi connectivity index (χ1v) is 6.17. The second-order valence-electron chi connectivity index (χ2n) is 4.51. The molecule has 2 rings (SSSR count). The lowest BCUT2D eigenvalue weighted by molar-refractivity contribution is 0.196. The Bertz CT molecular complexity index is 430. The van der Waals surface area contributed by atoms with Crippen molar-refractivity contribution in [3.63, 3.8) is 0 Å². The maximum absolute atomic E-state index is 6.20. The van der Waals surface area contributed by atoms with Crippen LogP contribution < -0.4 is 10.5 Å². The van der Waals surface area contributed by atoms with E-state index in [0.717, 1.165) is 31.6 Å². The summed E-state index contributed by atoms with van der Waals surface area (Å²) in [5.74, 6) is 7.41. The van der Waals surface area contributed by atoms with Gasteiger partial charge in [-0.15, -0.1) is 11.8 Å². The summed E-state index contributed by atoms with van der Waals surface area (Å²) in [4.78, 5) is 0. The molecule has 2 heteroatoms. The Labute approximate surface area is 103 Å². The average Bonchev–Trinajstić information content (AvgIpc) is 2.38. The van der Waals surface area contributed by atoms with Gasteiger partial charge in [0.25, 0.3) is 0 Å². The van der Waals surface area contributed by atoms with Gasteiger partial charge < -0.3 is 10.5 Å². The van der Waals surface area contributed by atoms with Crippen molar-refractivity contribution in [1.29, 1.82) is 0 Å².